The lowest BCUT2D eigenvalue weighted by molar-refractivity contribution is 0.443. The lowest BCUT2D eigenvalue weighted by atomic mass is 10.0. The minimum absolute atomic E-state index is 0.557. The van der Waals surface area contributed by atoms with Gasteiger partial charge in [-0.3, -0.25) is 0 Å². The van der Waals surface area contributed by atoms with Gasteiger partial charge in [-0.15, -0.1) is 0 Å². The van der Waals surface area contributed by atoms with Crippen molar-refractivity contribution in [1.29, 1.82) is 0 Å². The zero-order valence-electron chi connectivity index (χ0n) is 10.6. The third kappa shape index (κ3) is 2.54. The largest absolute Gasteiger partial charge is 0.333 e. The van der Waals surface area contributed by atoms with E-state index in [1.54, 1.807) is 0 Å². The number of nitrogens with zero attached hydrogens (tertiary/aromatic N) is 2. The molecule has 0 bridgehead atoms. The minimum Gasteiger partial charge on any atom is -0.333 e. The quantitative estimate of drug-likeness (QED) is 0.866. The molecule has 1 atom stereocenters. The molecule has 1 saturated carbocycles. The minimum atomic E-state index is 0.557. The van der Waals surface area contributed by atoms with Gasteiger partial charge in [0, 0.05) is 18.8 Å². The van der Waals surface area contributed by atoms with Gasteiger partial charge in [0.1, 0.15) is 0 Å². The van der Waals surface area contributed by atoms with Crippen molar-refractivity contribution < 1.29 is 0 Å². The average Bonchev–Trinajstić information content (AvgIpc) is 3.09. The monoisotopic (exact) mass is 233 g/mol. The highest BCUT2D eigenvalue weighted by Crippen LogP contribution is 2.29. The van der Waals surface area contributed by atoms with Crippen LogP contribution in [0.2, 0.25) is 0 Å². The van der Waals surface area contributed by atoms with Crippen molar-refractivity contribution in [2.75, 3.05) is 6.54 Å². The van der Waals surface area contributed by atoms with Gasteiger partial charge in [-0.1, -0.05) is 25.7 Å². The second kappa shape index (κ2) is 5.21. The number of aryl methyl sites for hydroxylation is 1. The molecule has 3 heteroatoms. The Labute approximate surface area is 104 Å². The van der Waals surface area contributed by atoms with Crippen LogP contribution < -0.4 is 5.32 Å². The van der Waals surface area contributed by atoms with Crippen LogP contribution in [0.3, 0.4) is 0 Å². The number of nitrogens with one attached hydrogen (secondary N) is 1. The van der Waals surface area contributed by atoms with Crippen molar-refractivity contribution >= 4 is 0 Å². The van der Waals surface area contributed by atoms with E-state index in [4.69, 9.17) is 0 Å². The summed E-state index contributed by atoms with van der Waals surface area (Å²) in [5.41, 5.74) is 1.40. The number of hydrogen-bond donors (Lipinski definition) is 1. The van der Waals surface area contributed by atoms with E-state index in [9.17, 15) is 0 Å². The molecule has 2 fully saturated rings. The molecule has 3 nitrogen and oxygen atoms in total. The smallest absolute Gasteiger partial charge is 0.0948 e. The third-order valence-corrected chi connectivity index (χ3v) is 4.41. The van der Waals surface area contributed by atoms with E-state index in [1.807, 2.05) is 6.33 Å². The maximum atomic E-state index is 4.33. The molecule has 3 rings (SSSR count). The van der Waals surface area contributed by atoms with E-state index in [0.29, 0.717) is 6.04 Å². The van der Waals surface area contributed by atoms with Gasteiger partial charge in [0.2, 0.25) is 0 Å². The summed E-state index contributed by atoms with van der Waals surface area (Å²) in [4.78, 5) is 4.33. The van der Waals surface area contributed by atoms with E-state index >= 15 is 0 Å². The maximum absolute atomic E-state index is 4.33. The van der Waals surface area contributed by atoms with Crippen molar-refractivity contribution in [3.05, 3.63) is 18.2 Å². The summed E-state index contributed by atoms with van der Waals surface area (Å²) in [6.45, 7) is 2.33. The lowest BCUT2D eigenvalue weighted by Crippen LogP contribution is -2.17. The summed E-state index contributed by atoms with van der Waals surface area (Å²) in [5, 5.41) is 3.57. The Morgan fingerprint density at radius 2 is 2.12 bits per heavy atom. The molecule has 0 radical (unpaired) electrons. The fourth-order valence-corrected chi connectivity index (χ4v) is 3.37. The number of imidazole rings is 1. The fourth-order valence-electron chi connectivity index (χ4n) is 3.37. The molecule has 1 N–H and O–H groups in total. The van der Waals surface area contributed by atoms with E-state index in [2.05, 4.69) is 21.1 Å². The molecule has 0 spiro atoms. The zero-order valence-corrected chi connectivity index (χ0v) is 10.6. The summed E-state index contributed by atoms with van der Waals surface area (Å²) < 4.78 is 2.38. The summed E-state index contributed by atoms with van der Waals surface area (Å²) in [7, 11) is 0. The summed E-state index contributed by atoms with van der Waals surface area (Å²) >= 11 is 0. The summed E-state index contributed by atoms with van der Waals surface area (Å²) in [6.07, 6.45) is 13.8. The van der Waals surface area contributed by atoms with Crippen LogP contribution in [0.5, 0.6) is 0 Å². The molecule has 0 unspecified atom stereocenters. The predicted molar refractivity (Wildman–Crippen MR) is 68.8 cm³/mol. The van der Waals surface area contributed by atoms with Gasteiger partial charge in [0.25, 0.3) is 0 Å². The van der Waals surface area contributed by atoms with Gasteiger partial charge >= 0.3 is 0 Å². The Morgan fingerprint density at radius 1 is 1.24 bits per heavy atom. The van der Waals surface area contributed by atoms with Gasteiger partial charge in [-0.05, 0) is 31.7 Å². The first-order valence-corrected chi connectivity index (χ1v) is 7.17. The van der Waals surface area contributed by atoms with Crippen LogP contribution in [0.25, 0.3) is 0 Å². The summed E-state index contributed by atoms with van der Waals surface area (Å²) in [5.74, 6) is 0.974. The second-order valence-electron chi connectivity index (χ2n) is 5.60. The molecule has 1 saturated heterocycles. The summed E-state index contributed by atoms with van der Waals surface area (Å²) in [6, 6.07) is 0.557. The Hall–Kier alpha value is -0.830. The van der Waals surface area contributed by atoms with Crippen LogP contribution in [0, 0.1) is 5.92 Å². The fraction of sp³-hybridized carbons (Fsp3) is 0.786. The standard InChI is InChI=1S/C14H23N3/c1-2-5-12(4-1)7-9-17-11-15-10-14(17)13-6-3-8-16-13/h10-13,16H,1-9H2/t13-/m0/s1. The Balaban J connectivity index is 1.60. The second-order valence-corrected chi connectivity index (χ2v) is 5.60. The van der Waals surface area contributed by atoms with Crippen molar-refractivity contribution in [3.63, 3.8) is 0 Å². The van der Waals surface area contributed by atoms with Gasteiger partial charge in [-0.2, -0.15) is 0 Å². The highest BCUT2D eigenvalue weighted by molar-refractivity contribution is 5.07. The van der Waals surface area contributed by atoms with Crippen molar-refractivity contribution in [2.24, 2.45) is 5.92 Å². The molecule has 1 aliphatic carbocycles. The molecule has 0 aromatic carbocycles. The van der Waals surface area contributed by atoms with Crippen LogP contribution in [0.15, 0.2) is 12.5 Å². The number of aromatic nitrogens is 2. The van der Waals surface area contributed by atoms with Crippen molar-refractivity contribution in [3.8, 4) is 0 Å². The van der Waals surface area contributed by atoms with E-state index in [1.165, 1.54) is 57.2 Å². The average molecular weight is 233 g/mol. The molecule has 2 aliphatic rings. The number of rotatable bonds is 4. The van der Waals surface area contributed by atoms with Crippen LogP contribution in [0.1, 0.15) is 56.7 Å². The van der Waals surface area contributed by atoms with Gasteiger partial charge in [0.05, 0.1) is 12.0 Å². The Morgan fingerprint density at radius 3 is 2.88 bits per heavy atom. The zero-order chi connectivity index (χ0) is 11.5. The molecule has 0 amide bonds. The Kier molecular flexibility index (Phi) is 3.46. The first-order chi connectivity index (χ1) is 8.43. The normalized spacial score (nSPS) is 25.8. The molecule has 1 aliphatic heterocycles. The highest BCUT2D eigenvalue weighted by atomic mass is 15.1. The topological polar surface area (TPSA) is 29.9 Å². The maximum Gasteiger partial charge on any atom is 0.0948 e. The van der Waals surface area contributed by atoms with Crippen molar-refractivity contribution in [2.45, 2.75) is 57.5 Å². The van der Waals surface area contributed by atoms with E-state index in [0.717, 1.165) is 12.5 Å². The first-order valence-electron chi connectivity index (χ1n) is 7.17. The van der Waals surface area contributed by atoms with Crippen LogP contribution in [0.4, 0.5) is 0 Å². The lowest BCUT2D eigenvalue weighted by Gasteiger charge is -2.15. The van der Waals surface area contributed by atoms with Gasteiger partial charge in [-0.25, -0.2) is 4.98 Å². The van der Waals surface area contributed by atoms with E-state index in [-0.39, 0.29) is 0 Å². The molecular formula is C14H23N3. The van der Waals surface area contributed by atoms with Crippen LogP contribution in [-0.2, 0) is 6.54 Å². The number of hydrogen-bond acceptors (Lipinski definition) is 2. The molecule has 1 aromatic heterocycles. The highest BCUT2D eigenvalue weighted by Gasteiger charge is 2.20. The molecular weight excluding hydrogens is 210 g/mol. The molecule has 2 heterocycles. The van der Waals surface area contributed by atoms with Crippen LogP contribution in [-0.4, -0.2) is 16.1 Å². The first kappa shape index (κ1) is 11.3. The van der Waals surface area contributed by atoms with Gasteiger partial charge < -0.3 is 9.88 Å². The predicted octanol–water partition coefficient (Wildman–Crippen LogP) is 2.89. The van der Waals surface area contributed by atoms with Crippen LogP contribution >= 0.6 is 0 Å². The van der Waals surface area contributed by atoms with Gasteiger partial charge in [0.15, 0.2) is 0 Å². The third-order valence-electron chi connectivity index (χ3n) is 4.41. The molecule has 1 aromatic rings. The van der Waals surface area contributed by atoms with E-state index < -0.39 is 0 Å². The molecule has 94 valence electrons. The SMILES string of the molecule is c1ncn(CCC2CCCC2)c1[C@@H]1CCCN1. The Bertz CT molecular complexity index is 346. The molecule has 17 heavy (non-hydrogen) atoms. The van der Waals surface area contributed by atoms with Crippen molar-refractivity contribution in [1.82, 2.24) is 14.9 Å².